The Morgan fingerprint density at radius 2 is 1.52 bits per heavy atom. The van der Waals surface area contributed by atoms with Crippen LogP contribution in [0, 0.1) is 5.92 Å². The Morgan fingerprint density at radius 1 is 0.976 bits per heavy atom. The van der Waals surface area contributed by atoms with E-state index in [2.05, 4.69) is 10.3 Å². The molecule has 4 aromatic rings. The first-order valence-electron chi connectivity index (χ1n) is 13.5. The molecule has 3 aromatic carbocycles. The lowest BCUT2D eigenvalue weighted by atomic mass is 9.77. The quantitative estimate of drug-likeness (QED) is 0.194. The molecule has 0 bridgehead atoms. The monoisotopic (exact) mass is 593 g/mol. The van der Waals surface area contributed by atoms with Gasteiger partial charge in [-0.3, -0.25) is 4.57 Å². The van der Waals surface area contributed by atoms with Gasteiger partial charge in [0.05, 0.1) is 26.7 Å². The first-order valence-corrected chi connectivity index (χ1v) is 14.1. The van der Waals surface area contributed by atoms with Crippen molar-refractivity contribution in [3.05, 3.63) is 118 Å². The summed E-state index contributed by atoms with van der Waals surface area (Å²) in [7, 11) is 3.21. The number of hydrogen-bond donors (Lipinski definition) is 2. The van der Waals surface area contributed by atoms with Crippen molar-refractivity contribution in [2.75, 3.05) is 32.0 Å². The van der Waals surface area contributed by atoms with Crippen molar-refractivity contribution in [1.29, 1.82) is 0 Å². The Hall–Kier alpha value is -3.92. The van der Waals surface area contributed by atoms with Gasteiger partial charge in [-0.05, 0) is 47.0 Å². The highest BCUT2D eigenvalue weighted by molar-refractivity contribution is 6.18. The van der Waals surface area contributed by atoms with E-state index in [4.69, 9.17) is 25.8 Å². The molecule has 1 aliphatic heterocycles. The maximum atomic E-state index is 15.4. The maximum Gasteiger partial charge on any atom is 0.351 e. The van der Waals surface area contributed by atoms with Crippen LogP contribution < -0.4 is 20.5 Å². The minimum Gasteiger partial charge on any atom is -0.497 e. The number of halogens is 2. The lowest BCUT2D eigenvalue weighted by Crippen LogP contribution is -2.42. The highest BCUT2D eigenvalue weighted by atomic mass is 35.5. The Bertz CT molecular complexity index is 1500. The Kier molecular flexibility index (Phi) is 8.54. The van der Waals surface area contributed by atoms with Gasteiger partial charge in [-0.25, -0.2) is 9.18 Å². The summed E-state index contributed by atoms with van der Waals surface area (Å²) in [4.78, 5) is 17.7. The molecule has 220 valence electrons. The van der Waals surface area contributed by atoms with Crippen LogP contribution in [-0.4, -0.2) is 53.1 Å². The summed E-state index contributed by atoms with van der Waals surface area (Å²) in [5.74, 6) is 0.800. The molecule has 0 radical (unpaired) electrons. The number of alkyl halides is 2. The second-order valence-corrected chi connectivity index (χ2v) is 10.6. The van der Waals surface area contributed by atoms with E-state index in [1.807, 2.05) is 78.9 Å². The summed E-state index contributed by atoms with van der Waals surface area (Å²) in [6, 6.07) is 26.7. The number of methoxy groups -OCH3 is 2. The number of aliphatic hydroxyl groups is 1. The second kappa shape index (κ2) is 12.1. The zero-order valence-electron chi connectivity index (χ0n) is 23.5. The van der Waals surface area contributed by atoms with E-state index in [9.17, 15) is 9.90 Å². The van der Waals surface area contributed by atoms with Crippen LogP contribution in [0.15, 0.2) is 95.9 Å². The number of nitrogens with one attached hydrogen (secondary N) is 1. The molecule has 0 amide bonds. The Balaban J connectivity index is 1.63. The summed E-state index contributed by atoms with van der Waals surface area (Å²) in [6.45, 7) is 1.13. The minimum atomic E-state index is -1.57. The second-order valence-electron chi connectivity index (χ2n) is 10.3. The molecule has 2 N–H and O–H groups in total. The zero-order chi connectivity index (χ0) is 29.9. The average molecular weight is 594 g/mol. The SMILES string of the molecule is COc1ccc(C(Nc2ccn([C@@H]3O[C@@](CO)(CCl)[C@@H](C)[C@H]3F)c(=O)n2)(c2ccccc2)c2ccc(OC)cc2)cc1. The van der Waals surface area contributed by atoms with Crippen molar-refractivity contribution in [1.82, 2.24) is 9.55 Å². The highest BCUT2D eigenvalue weighted by Gasteiger charge is 2.53. The van der Waals surface area contributed by atoms with Crippen LogP contribution >= 0.6 is 11.6 Å². The van der Waals surface area contributed by atoms with Gasteiger partial charge in [0.2, 0.25) is 0 Å². The van der Waals surface area contributed by atoms with E-state index in [0.717, 1.165) is 21.3 Å². The molecule has 0 spiro atoms. The molecule has 0 unspecified atom stereocenters. The molecule has 8 nitrogen and oxygen atoms in total. The van der Waals surface area contributed by atoms with Gasteiger partial charge in [0.25, 0.3) is 0 Å². The fraction of sp³-hybridized carbons (Fsp3) is 0.312. The number of nitrogens with zero attached hydrogens (tertiary/aromatic N) is 2. The normalized spacial score (nSPS) is 22.1. The Morgan fingerprint density at radius 3 is 1.98 bits per heavy atom. The maximum absolute atomic E-state index is 15.4. The van der Waals surface area contributed by atoms with E-state index in [-0.39, 0.29) is 11.7 Å². The number of rotatable bonds is 10. The predicted molar refractivity (Wildman–Crippen MR) is 159 cm³/mol. The third-order valence-corrected chi connectivity index (χ3v) is 8.55. The van der Waals surface area contributed by atoms with Crippen LogP contribution in [0.4, 0.5) is 10.2 Å². The topological polar surface area (TPSA) is 94.8 Å². The van der Waals surface area contributed by atoms with Crippen molar-refractivity contribution in [2.24, 2.45) is 5.92 Å². The molecule has 5 rings (SSSR count). The molecule has 1 saturated heterocycles. The number of aliphatic hydroxyl groups excluding tert-OH is 1. The van der Waals surface area contributed by atoms with Gasteiger partial charge >= 0.3 is 5.69 Å². The van der Waals surface area contributed by atoms with Crippen LogP contribution in [0.1, 0.15) is 29.8 Å². The third kappa shape index (κ3) is 5.12. The van der Waals surface area contributed by atoms with Gasteiger partial charge in [0, 0.05) is 12.1 Å². The highest BCUT2D eigenvalue weighted by Crippen LogP contribution is 2.44. The van der Waals surface area contributed by atoms with E-state index in [1.54, 1.807) is 27.2 Å². The largest absolute Gasteiger partial charge is 0.497 e. The van der Waals surface area contributed by atoms with Crippen molar-refractivity contribution in [3.63, 3.8) is 0 Å². The molecule has 0 aliphatic carbocycles. The molecule has 1 fully saturated rings. The lowest BCUT2D eigenvalue weighted by molar-refractivity contribution is -0.101. The van der Waals surface area contributed by atoms with Gasteiger partial charge in [0.15, 0.2) is 12.4 Å². The number of benzene rings is 3. The van der Waals surface area contributed by atoms with Crippen molar-refractivity contribution in [2.45, 2.75) is 30.5 Å². The molecule has 10 heteroatoms. The van der Waals surface area contributed by atoms with Gasteiger partial charge in [-0.15, -0.1) is 11.6 Å². The average Bonchev–Trinajstić information content (AvgIpc) is 3.30. The van der Waals surface area contributed by atoms with Gasteiger partial charge in [-0.1, -0.05) is 61.5 Å². The summed E-state index contributed by atoms with van der Waals surface area (Å²) in [5, 5.41) is 13.4. The van der Waals surface area contributed by atoms with Crippen molar-refractivity contribution >= 4 is 17.4 Å². The van der Waals surface area contributed by atoms with Crippen LogP contribution in [0.3, 0.4) is 0 Å². The van der Waals surface area contributed by atoms with Crippen LogP contribution in [0.25, 0.3) is 0 Å². The first-order chi connectivity index (χ1) is 20.3. The zero-order valence-corrected chi connectivity index (χ0v) is 24.3. The summed E-state index contributed by atoms with van der Waals surface area (Å²) < 4.78 is 33.1. The van der Waals surface area contributed by atoms with E-state index in [0.29, 0.717) is 11.5 Å². The van der Waals surface area contributed by atoms with Gasteiger partial charge in [-0.2, -0.15) is 4.98 Å². The van der Waals surface area contributed by atoms with E-state index in [1.165, 1.54) is 6.20 Å². The van der Waals surface area contributed by atoms with Crippen molar-refractivity contribution < 1.29 is 23.7 Å². The fourth-order valence-electron chi connectivity index (χ4n) is 5.49. The molecule has 42 heavy (non-hydrogen) atoms. The summed E-state index contributed by atoms with van der Waals surface area (Å²) in [5.41, 5.74) is -0.411. The predicted octanol–water partition coefficient (Wildman–Crippen LogP) is 5.14. The molecule has 0 saturated carbocycles. The first kappa shape index (κ1) is 29.6. The molecule has 1 aliphatic rings. The van der Waals surface area contributed by atoms with Gasteiger partial charge in [0.1, 0.15) is 28.5 Å². The fourth-order valence-corrected chi connectivity index (χ4v) is 5.88. The number of hydrogen-bond acceptors (Lipinski definition) is 7. The van der Waals surface area contributed by atoms with Crippen molar-refractivity contribution in [3.8, 4) is 11.5 Å². The smallest absolute Gasteiger partial charge is 0.351 e. The summed E-state index contributed by atoms with van der Waals surface area (Å²) >= 11 is 6.05. The van der Waals surface area contributed by atoms with Crippen LogP contribution in [-0.2, 0) is 10.3 Å². The number of aromatic nitrogens is 2. The molecule has 4 atom stereocenters. The summed E-state index contributed by atoms with van der Waals surface area (Å²) in [6.07, 6.45) is -1.40. The van der Waals surface area contributed by atoms with Crippen LogP contribution in [0.2, 0.25) is 0 Å². The number of anilines is 1. The molecular weight excluding hydrogens is 561 g/mol. The standard InChI is InChI=1S/C32H33ClFN3O5/c1-21-28(34)29(42-31(21,19-33)20-38)37-18-17-27(35-30(37)39)36-32(22-7-5-4-6-8-22,23-9-13-25(40-2)14-10-23)24-11-15-26(41-3)16-12-24/h4-18,21,28-29,38H,19-20H2,1-3H3,(H,35,36,39)/t21-,28+,29+,31+/m0/s1. The molecule has 2 heterocycles. The minimum absolute atomic E-state index is 0.118. The number of ether oxygens (including phenoxy) is 3. The molecular formula is C32H33ClFN3O5. The lowest BCUT2D eigenvalue weighted by Gasteiger charge is -2.37. The Labute approximate surface area is 248 Å². The van der Waals surface area contributed by atoms with Gasteiger partial charge < -0.3 is 24.6 Å². The van der Waals surface area contributed by atoms with E-state index >= 15 is 4.39 Å². The third-order valence-electron chi connectivity index (χ3n) is 8.10. The van der Waals surface area contributed by atoms with E-state index < -0.39 is 41.8 Å². The van der Waals surface area contributed by atoms with Crippen LogP contribution in [0.5, 0.6) is 11.5 Å². The molecule has 1 aromatic heterocycles.